The number of nitrogens with one attached hydrogen (secondary N) is 2. The van der Waals surface area contributed by atoms with Crippen molar-refractivity contribution in [2.45, 2.75) is 13.5 Å². The third-order valence-electron chi connectivity index (χ3n) is 3.87. The Bertz CT molecular complexity index is 943. The summed E-state index contributed by atoms with van der Waals surface area (Å²) in [5.41, 5.74) is 2.32. The second kappa shape index (κ2) is 9.27. The predicted molar refractivity (Wildman–Crippen MR) is 106 cm³/mol. The standard InChI is InChI=1S/C21H20N4O3/c1-2-28-21(27)16-8-10-17(11-9-16)25-20(26)18-12-19(24-14-23-18)22-13-15-6-4-3-5-7-15/h3-12,14H,2,13H2,1H3,(H,25,26)(H,22,23,24). The number of nitrogens with zero attached hydrogens (tertiary/aromatic N) is 2. The van der Waals surface area contributed by atoms with Crippen LogP contribution >= 0.6 is 0 Å². The summed E-state index contributed by atoms with van der Waals surface area (Å²) in [5, 5.41) is 5.92. The minimum Gasteiger partial charge on any atom is -0.462 e. The zero-order valence-corrected chi connectivity index (χ0v) is 15.4. The van der Waals surface area contributed by atoms with Crippen LogP contribution in [0.25, 0.3) is 0 Å². The van der Waals surface area contributed by atoms with Crippen LogP contribution in [-0.4, -0.2) is 28.5 Å². The molecule has 3 rings (SSSR count). The summed E-state index contributed by atoms with van der Waals surface area (Å²) in [4.78, 5) is 32.3. The first kappa shape index (κ1) is 19.0. The van der Waals surface area contributed by atoms with Crippen LogP contribution in [0.4, 0.5) is 11.5 Å². The van der Waals surface area contributed by atoms with Gasteiger partial charge in [0.2, 0.25) is 0 Å². The van der Waals surface area contributed by atoms with Crippen LogP contribution in [0.2, 0.25) is 0 Å². The van der Waals surface area contributed by atoms with Crippen molar-refractivity contribution in [2.24, 2.45) is 0 Å². The van der Waals surface area contributed by atoms with Gasteiger partial charge in [0.1, 0.15) is 17.8 Å². The molecule has 0 saturated carbocycles. The average Bonchev–Trinajstić information content (AvgIpc) is 2.74. The minimum absolute atomic E-state index is 0.236. The number of rotatable bonds is 7. The van der Waals surface area contributed by atoms with Crippen LogP contribution in [0.1, 0.15) is 33.3 Å². The lowest BCUT2D eigenvalue weighted by atomic mass is 10.2. The van der Waals surface area contributed by atoms with E-state index in [0.717, 1.165) is 5.56 Å². The molecule has 0 spiro atoms. The van der Waals surface area contributed by atoms with Crippen molar-refractivity contribution < 1.29 is 14.3 Å². The first-order valence-electron chi connectivity index (χ1n) is 8.84. The zero-order chi connectivity index (χ0) is 19.8. The smallest absolute Gasteiger partial charge is 0.338 e. The number of amides is 1. The van der Waals surface area contributed by atoms with Crippen molar-refractivity contribution >= 4 is 23.4 Å². The Morgan fingerprint density at radius 3 is 2.46 bits per heavy atom. The van der Waals surface area contributed by atoms with E-state index in [4.69, 9.17) is 4.74 Å². The maximum Gasteiger partial charge on any atom is 0.338 e. The van der Waals surface area contributed by atoms with E-state index in [9.17, 15) is 9.59 Å². The van der Waals surface area contributed by atoms with Gasteiger partial charge in [-0.25, -0.2) is 14.8 Å². The van der Waals surface area contributed by atoms with Gasteiger partial charge in [-0.15, -0.1) is 0 Å². The molecule has 7 nitrogen and oxygen atoms in total. The monoisotopic (exact) mass is 376 g/mol. The molecule has 0 aliphatic rings. The lowest BCUT2D eigenvalue weighted by Crippen LogP contribution is -2.15. The molecule has 28 heavy (non-hydrogen) atoms. The van der Waals surface area contributed by atoms with E-state index < -0.39 is 5.97 Å². The fourth-order valence-corrected chi connectivity index (χ4v) is 2.47. The van der Waals surface area contributed by atoms with Gasteiger partial charge in [-0.1, -0.05) is 30.3 Å². The van der Waals surface area contributed by atoms with Crippen LogP contribution in [-0.2, 0) is 11.3 Å². The normalized spacial score (nSPS) is 10.2. The number of hydrogen-bond donors (Lipinski definition) is 2. The highest BCUT2D eigenvalue weighted by Crippen LogP contribution is 2.13. The highest BCUT2D eigenvalue weighted by molar-refractivity contribution is 6.03. The fourth-order valence-electron chi connectivity index (χ4n) is 2.47. The molecule has 0 radical (unpaired) electrons. The summed E-state index contributed by atoms with van der Waals surface area (Å²) in [6.07, 6.45) is 1.34. The SMILES string of the molecule is CCOC(=O)c1ccc(NC(=O)c2cc(NCc3ccccc3)ncn2)cc1. The Morgan fingerprint density at radius 2 is 1.75 bits per heavy atom. The van der Waals surface area contributed by atoms with Crippen molar-refractivity contribution in [1.82, 2.24) is 9.97 Å². The Morgan fingerprint density at radius 1 is 1.00 bits per heavy atom. The molecular weight excluding hydrogens is 356 g/mol. The number of aromatic nitrogens is 2. The highest BCUT2D eigenvalue weighted by atomic mass is 16.5. The number of carbonyl (C=O) groups excluding carboxylic acids is 2. The van der Waals surface area contributed by atoms with E-state index in [2.05, 4.69) is 20.6 Å². The summed E-state index contributed by atoms with van der Waals surface area (Å²) >= 11 is 0. The van der Waals surface area contributed by atoms with Gasteiger partial charge >= 0.3 is 5.97 Å². The summed E-state index contributed by atoms with van der Waals surface area (Å²) < 4.78 is 4.94. The Balaban J connectivity index is 1.62. The number of carbonyl (C=O) groups is 2. The lowest BCUT2D eigenvalue weighted by molar-refractivity contribution is 0.0526. The van der Waals surface area contributed by atoms with Crippen molar-refractivity contribution in [3.8, 4) is 0 Å². The van der Waals surface area contributed by atoms with E-state index in [1.165, 1.54) is 6.33 Å². The van der Waals surface area contributed by atoms with Crippen molar-refractivity contribution in [3.05, 3.63) is 83.8 Å². The Labute approximate surface area is 162 Å². The van der Waals surface area contributed by atoms with Gasteiger partial charge in [-0.3, -0.25) is 4.79 Å². The van der Waals surface area contributed by atoms with Gasteiger partial charge in [0.15, 0.2) is 0 Å². The van der Waals surface area contributed by atoms with Crippen LogP contribution in [0, 0.1) is 0 Å². The summed E-state index contributed by atoms with van der Waals surface area (Å²) in [6.45, 7) is 2.65. The van der Waals surface area contributed by atoms with E-state index >= 15 is 0 Å². The molecular formula is C21H20N4O3. The third-order valence-corrected chi connectivity index (χ3v) is 3.87. The van der Waals surface area contributed by atoms with E-state index in [1.807, 2.05) is 30.3 Å². The molecule has 142 valence electrons. The van der Waals surface area contributed by atoms with E-state index in [-0.39, 0.29) is 11.6 Å². The molecule has 0 aliphatic heterocycles. The molecule has 0 aliphatic carbocycles. The van der Waals surface area contributed by atoms with Gasteiger partial charge in [0.25, 0.3) is 5.91 Å². The number of ether oxygens (including phenoxy) is 1. The fraction of sp³-hybridized carbons (Fsp3) is 0.143. The molecule has 1 amide bonds. The van der Waals surface area contributed by atoms with Gasteiger partial charge in [-0.05, 0) is 36.8 Å². The molecule has 0 fully saturated rings. The molecule has 2 N–H and O–H groups in total. The molecule has 7 heteroatoms. The maximum atomic E-state index is 12.4. The molecule has 0 saturated heterocycles. The highest BCUT2D eigenvalue weighted by Gasteiger charge is 2.11. The molecule has 1 heterocycles. The predicted octanol–water partition coefficient (Wildman–Crippen LogP) is 3.52. The van der Waals surface area contributed by atoms with Crippen LogP contribution in [0.3, 0.4) is 0 Å². The molecule has 0 unspecified atom stereocenters. The average molecular weight is 376 g/mol. The third kappa shape index (κ3) is 5.14. The van der Waals surface area contributed by atoms with Crippen LogP contribution in [0.15, 0.2) is 67.0 Å². The molecule has 1 aromatic heterocycles. The number of esters is 1. The number of hydrogen-bond acceptors (Lipinski definition) is 6. The van der Waals surface area contributed by atoms with Gasteiger partial charge in [0.05, 0.1) is 12.2 Å². The zero-order valence-electron chi connectivity index (χ0n) is 15.4. The van der Waals surface area contributed by atoms with Gasteiger partial charge in [0, 0.05) is 18.3 Å². The quantitative estimate of drug-likeness (QED) is 0.613. The minimum atomic E-state index is -0.398. The first-order chi connectivity index (χ1) is 13.7. The van der Waals surface area contributed by atoms with E-state index in [1.54, 1.807) is 37.3 Å². The van der Waals surface area contributed by atoms with Crippen molar-refractivity contribution in [2.75, 3.05) is 17.2 Å². The lowest BCUT2D eigenvalue weighted by Gasteiger charge is -2.08. The maximum absolute atomic E-state index is 12.4. The van der Waals surface area contributed by atoms with Crippen LogP contribution in [0.5, 0.6) is 0 Å². The number of benzene rings is 2. The molecule has 0 bridgehead atoms. The second-order valence-corrected chi connectivity index (χ2v) is 5.88. The first-order valence-corrected chi connectivity index (χ1v) is 8.84. The molecule has 3 aromatic rings. The molecule has 0 atom stereocenters. The van der Waals surface area contributed by atoms with Crippen molar-refractivity contribution in [3.63, 3.8) is 0 Å². The summed E-state index contributed by atoms with van der Waals surface area (Å²) in [6, 6.07) is 17.9. The Hall–Kier alpha value is -3.74. The largest absolute Gasteiger partial charge is 0.462 e. The van der Waals surface area contributed by atoms with Gasteiger partial charge in [-0.2, -0.15) is 0 Å². The summed E-state index contributed by atoms with van der Waals surface area (Å²) in [5.74, 6) is -0.207. The topological polar surface area (TPSA) is 93.2 Å². The van der Waals surface area contributed by atoms with Crippen molar-refractivity contribution in [1.29, 1.82) is 0 Å². The molecule has 2 aromatic carbocycles. The van der Waals surface area contributed by atoms with E-state index in [0.29, 0.717) is 30.2 Å². The Kier molecular flexibility index (Phi) is 6.30. The van der Waals surface area contributed by atoms with Gasteiger partial charge < -0.3 is 15.4 Å². The summed E-state index contributed by atoms with van der Waals surface area (Å²) in [7, 11) is 0. The number of anilines is 2. The van der Waals surface area contributed by atoms with Crippen LogP contribution < -0.4 is 10.6 Å². The second-order valence-electron chi connectivity index (χ2n) is 5.88.